The molecular formula is C46H51N4OPt-. The van der Waals surface area contributed by atoms with Crippen molar-refractivity contribution in [1.82, 2.24) is 18.9 Å². The molecule has 0 aliphatic rings. The molecule has 3 aromatic heterocycles. The molecule has 5 nitrogen and oxygen atoms in total. The van der Waals surface area contributed by atoms with Crippen molar-refractivity contribution >= 4 is 27.8 Å². The predicted octanol–water partition coefficient (Wildman–Crippen LogP) is 11.9. The normalized spacial score (nSPS) is 12.9. The van der Waals surface area contributed by atoms with Crippen LogP contribution in [0.1, 0.15) is 105 Å². The third-order valence-electron chi connectivity index (χ3n) is 10.2. The zero-order valence-electron chi connectivity index (χ0n) is 32.6. The van der Waals surface area contributed by atoms with E-state index in [1.54, 1.807) is 0 Å². The smallest absolute Gasteiger partial charge is 0.218 e. The van der Waals surface area contributed by atoms with Crippen molar-refractivity contribution in [2.24, 2.45) is 0 Å². The van der Waals surface area contributed by atoms with Crippen molar-refractivity contribution in [3.8, 4) is 34.0 Å². The first-order valence-electron chi connectivity index (χ1n) is 18.1. The van der Waals surface area contributed by atoms with Crippen molar-refractivity contribution in [3.63, 3.8) is 0 Å². The molecule has 272 valence electrons. The van der Waals surface area contributed by atoms with E-state index in [9.17, 15) is 5.11 Å². The maximum Gasteiger partial charge on any atom is 0.218 e. The number of rotatable bonds is 3. The van der Waals surface area contributed by atoms with Gasteiger partial charge in [-0.3, -0.25) is 4.40 Å². The Morgan fingerprint density at radius 3 is 1.75 bits per heavy atom. The Balaban J connectivity index is 0.00000464. The van der Waals surface area contributed by atoms with Gasteiger partial charge in [0.15, 0.2) is 0 Å². The van der Waals surface area contributed by atoms with Crippen molar-refractivity contribution in [1.29, 1.82) is 0 Å². The summed E-state index contributed by atoms with van der Waals surface area (Å²) in [7, 11) is 0. The molecule has 3 heterocycles. The molecule has 0 unspecified atom stereocenters. The molecule has 0 fully saturated rings. The molecular weight excluding hydrogens is 820 g/mol. The Labute approximate surface area is 323 Å². The predicted molar refractivity (Wildman–Crippen MR) is 213 cm³/mol. The molecule has 0 aliphatic carbocycles. The van der Waals surface area contributed by atoms with Crippen molar-refractivity contribution in [2.75, 3.05) is 0 Å². The molecule has 0 atom stereocenters. The summed E-state index contributed by atoms with van der Waals surface area (Å²) in [6.45, 7) is 26.5. The van der Waals surface area contributed by atoms with Crippen molar-refractivity contribution in [3.05, 3.63) is 113 Å². The second-order valence-electron chi connectivity index (χ2n) is 18.3. The van der Waals surface area contributed by atoms with Gasteiger partial charge >= 0.3 is 0 Å². The van der Waals surface area contributed by atoms with Gasteiger partial charge in [-0.2, -0.15) is 23.8 Å². The van der Waals surface area contributed by atoms with Gasteiger partial charge in [0, 0.05) is 37.8 Å². The van der Waals surface area contributed by atoms with Crippen LogP contribution in [-0.2, 0) is 42.7 Å². The summed E-state index contributed by atoms with van der Waals surface area (Å²) < 4.78 is 4.48. The second kappa shape index (κ2) is 12.7. The van der Waals surface area contributed by atoms with E-state index < -0.39 is 0 Å². The number of nitrogens with zero attached hydrogens (tertiary/aromatic N) is 4. The number of pyridine rings is 1. The van der Waals surface area contributed by atoms with E-state index in [0.29, 0.717) is 5.75 Å². The van der Waals surface area contributed by atoms with Crippen LogP contribution in [0.2, 0.25) is 0 Å². The van der Waals surface area contributed by atoms with E-state index in [4.69, 9.17) is 9.97 Å². The average molecular weight is 871 g/mol. The van der Waals surface area contributed by atoms with Gasteiger partial charge < -0.3 is 9.67 Å². The molecule has 7 rings (SSSR count). The van der Waals surface area contributed by atoms with E-state index >= 15 is 0 Å². The van der Waals surface area contributed by atoms with Gasteiger partial charge in [0.05, 0.1) is 27.9 Å². The number of benzene rings is 4. The molecule has 0 amide bonds. The third kappa shape index (κ3) is 6.51. The van der Waals surface area contributed by atoms with E-state index in [1.165, 1.54) is 11.1 Å². The van der Waals surface area contributed by atoms with Crippen LogP contribution in [0.5, 0.6) is 5.75 Å². The van der Waals surface area contributed by atoms with Crippen LogP contribution in [0.3, 0.4) is 0 Å². The Bertz CT molecular complexity index is 2470. The quantitative estimate of drug-likeness (QED) is 0.180. The third-order valence-corrected chi connectivity index (χ3v) is 10.2. The second-order valence-corrected chi connectivity index (χ2v) is 18.3. The largest absolute Gasteiger partial charge is 0.507 e. The Kier molecular flexibility index (Phi) is 9.19. The van der Waals surface area contributed by atoms with Crippen LogP contribution in [0, 0.1) is 6.07 Å². The molecule has 6 heteroatoms. The molecule has 1 N–H and O–H groups in total. The van der Waals surface area contributed by atoms with E-state index in [1.807, 2.05) is 6.07 Å². The van der Waals surface area contributed by atoms with E-state index in [2.05, 4.69) is 177 Å². The van der Waals surface area contributed by atoms with Crippen molar-refractivity contribution in [2.45, 2.75) is 105 Å². The minimum atomic E-state index is -0.251. The van der Waals surface area contributed by atoms with Gasteiger partial charge in [-0.25, -0.2) is 9.97 Å². The van der Waals surface area contributed by atoms with Crippen LogP contribution in [0.25, 0.3) is 56.0 Å². The van der Waals surface area contributed by atoms with Crippen LogP contribution in [0.4, 0.5) is 0 Å². The minimum absolute atomic E-state index is 0. The molecule has 0 bridgehead atoms. The molecule has 0 saturated heterocycles. The molecule has 0 spiro atoms. The Morgan fingerprint density at radius 2 is 1.13 bits per heavy atom. The van der Waals surface area contributed by atoms with E-state index in [-0.39, 0.29) is 42.7 Å². The zero-order valence-corrected chi connectivity index (χ0v) is 34.9. The van der Waals surface area contributed by atoms with E-state index in [0.717, 1.165) is 67.2 Å². The summed E-state index contributed by atoms with van der Waals surface area (Å²) in [6, 6.07) is 33.4. The van der Waals surface area contributed by atoms with Gasteiger partial charge in [-0.1, -0.05) is 119 Å². The van der Waals surface area contributed by atoms with Crippen molar-refractivity contribution < 1.29 is 26.2 Å². The maximum atomic E-state index is 11.9. The van der Waals surface area contributed by atoms with Crippen LogP contribution in [0.15, 0.2) is 84.9 Å². The molecule has 4 aromatic carbocycles. The first-order chi connectivity index (χ1) is 23.7. The van der Waals surface area contributed by atoms with Gasteiger partial charge in [0.1, 0.15) is 11.3 Å². The van der Waals surface area contributed by atoms with Gasteiger partial charge in [0.2, 0.25) is 5.78 Å². The molecule has 7 aromatic rings. The summed E-state index contributed by atoms with van der Waals surface area (Å²) in [4.78, 5) is 10.8. The SMILES string of the molecule is CC(C)(C)c1cc[c-]c(-n2c3ccccc3n3c4cccc(-c5cc(C(C)(C)C)cc(-c6cc(C(C)(C)C)cc(C(C)(C)C)c6O)n5)c4nc23)c1.[Pt]. The van der Waals surface area contributed by atoms with Crippen LogP contribution < -0.4 is 0 Å². The Hall–Kier alpha value is -4.21. The number of aromatic hydroxyl groups is 1. The number of phenolic OH excluding ortho intramolecular Hbond substituents is 1. The summed E-state index contributed by atoms with van der Waals surface area (Å²) in [5.41, 5.74) is 12.3. The van der Waals surface area contributed by atoms with Gasteiger partial charge in [-0.05, 0) is 69.2 Å². The molecule has 52 heavy (non-hydrogen) atoms. The summed E-state index contributed by atoms with van der Waals surface area (Å²) in [6.07, 6.45) is 0. The molecule has 0 radical (unpaired) electrons. The first-order valence-corrected chi connectivity index (χ1v) is 18.1. The summed E-state index contributed by atoms with van der Waals surface area (Å²) in [5.74, 6) is 1.12. The summed E-state index contributed by atoms with van der Waals surface area (Å²) in [5, 5.41) is 11.9. The number of phenols is 1. The zero-order chi connectivity index (χ0) is 36.8. The molecule has 0 saturated carbocycles. The fourth-order valence-electron chi connectivity index (χ4n) is 6.99. The first kappa shape index (κ1) is 37.5. The topological polar surface area (TPSA) is 55.4 Å². The van der Waals surface area contributed by atoms with Crippen LogP contribution in [-0.4, -0.2) is 24.0 Å². The molecule has 0 aliphatic heterocycles. The number of para-hydroxylation sites is 3. The van der Waals surface area contributed by atoms with Gasteiger partial charge in [-0.15, -0.1) is 6.07 Å². The number of aromatic nitrogens is 4. The fraction of sp³-hybridized carbons (Fsp3) is 0.348. The number of imidazole rings is 2. The monoisotopic (exact) mass is 870 g/mol. The Morgan fingerprint density at radius 1 is 0.558 bits per heavy atom. The number of hydrogen-bond acceptors (Lipinski definition) is 3. The van der Waals surface area contributed by atoms with Crippen LogP contribution >= 0.6 is 0 Å². The van der Waals surface area contributed by atoms with Gasteiger partial charge in [0.25, 0.3) is 0 Å². The number of fused-ring (bicyclic) bond motifs is 5. The average Bonchev–Trinajstić information content (AvgIpc) is 3.57. The standard InChI is InChI=1S/C46H51N4O.Pt/c1-43(2,3)28-17-15-18-31(23-28)49-37-20-13-14-21-38(37)50-39-22-16-19-32(40(39)48-42(49)50)35-26-30(45(7,8)9)27-36(47-35)33-24-29(44(4,5)6)25-34(41(33)51)46(10,11)12;/h13-17,19-27,51H,1-12H3;/q-1;. The summed E-state index contributed by atoms with van der Waals surface area (Å²) >= 11 is 0. The fourth-order valence-corrected chi connectivity index (χ4v) is 6.99. The maximum absolute atomic E-state index is 11.9. The number of hydrogen-bond donors (Lipinski definition) is 1. The minimum Gasteiger partial charge on any atom is -0.507 e.